The van der Waals surface area contributed by atoms with Gasteiger partial charge in [0.2, 0.25) is 5.91 Å². The summed E-state index contributed by atoms with van der Waals surface area (Å²) in [5.74, 6) is -0.152. The van der Waals surface area contributed by atoms with Crippen molar-refractivity contribution in [2.45, 2.75) is 95.9 Å². The number of rotatable bonds is 5. The smallest absolute Gasteiger partial charge is 0.219 e. The van der Waals surface area contributed by atoms with Crippen molar-refractivity contribution in [3.8, 4) is 0 Å². The molecule has 0 heterocycles. The molecule has 0 saturated heterocycles. The second-order valence-electron chi connectivity index (χ2n) is 6.53. The van der Waals surface area contributed by atoms with Crippen molar-refractivity contribution >= 4 is 5.91 Å². The van der Waals surface area contributed by atoms with E-state index < -0.39 is 0 Å². The largest absolute Gasteiger partial charge is 0.370 e. The molecule has 0 aromatic rings. The van der Waals surface area contributed by atoms with Crippen LogP contribution in [0, 0.1) is 0 Å². The van der Waals surface area contributed by atoms with Gasteiger partial charge in [0.15, 0.2) is 0 Å². The van der Waals surface area contributed by atoms with E-state index in [0.29, 0.717) is 6.42 Å². The predicted molar refractivity (Wildman–Crippen MR) is 85.6 cm³/mol. The van der Waals surface area contributed by atoms with Gasteiger partial charge in [-0.15, -0.1) is 0 Å². The van der Waals surface area contributed by atoms with Gasteiger partial charge in [-0.25, -0.2) is 0 Å². The summed E-state index contributed by atoms with van der Waals surface area (Å²) in [5, 5.41) is 3.67. The highest BCUT2D eigenvalue weighted by atomic mass is 16.1. The van der Waals surface area contributed by atoms with Crippen molar-refractivity contribution < 1.29 is 4.79 Å². The minimum Gasteiger partial charge on any atom is -0.370 e. The topological polar surface area (TPSA) is 55.1 Å². The zero-order valence-electron chi connectivity index (χ0n) is 13.4. The first-order valence-corrected chi connectivity index (χ1v) is 8.72. The van der Waals surface area contributed by atoms with Crippen molar-refractivity contribution in [2.75, 3.05) is 6.54 Å². The Morgan fingerprint density at radius 2 is 1.40 bits per heavy atom. The van der Waals surface area contributed by atoms with Crippen LogP contribution in [0.5, 0.6) is 0 Å². The lowest BCUT2D eigenvalue weighted by Crippen LogP contribution is -2.48. The molecule has 0 aromatic heterocycles. The fourth-order valence-corrected chi connectivity index (χ4v) is 3.43. The van der Waals surface area contributed by atoms with E-state index in [-0.39, 0.29) is 11.4 Å². The molecule has 0 bridgehead atoms. The fourth-order valence-electron chi connectivity index (χ4n) is 3.43. The number of amides is 1. The zero-order valence-corrected chi connectivity index (χ0v) is 13.4. The van der Waals surface area contributed by atoms with Gasteiger partial charge in [0.25, 0.3) is 0 Å². The first-order chi connectivity index (χ1) is 9.68. The molecule has 1 fully saturated rings. The Hall–Kier alpha value is -0.570. The third kappa shape index (κ3) is 7.28. The lowest BCUT2D eigenvalue weighted by atomic mass is 9.82. The highest BCUT2D eigenvalue weighted by Gasteiger charge is 2.30. The summed E-state index contributed by atoms with van der Waals surface area (Å²) >= 11 is 0. The normalized spacial score (nSPS) is 21.6. The van der Waals surface area contributed by atoms with E-state index in [9.17, 15) is 4.79 Å². The maximum Gasteiger partial charge on any atom is 0.219 e. The maximum absolute atomic E-state index is 11.5. The molecule has 1 amide bonds. The Balaban J connectivity index is 2.62. The van der Waals surface area contributed by atoms with Gasteiger partial charge in [-0.3, -0.25) is 4.79 Å². The lowest BCUT2D eigenvalue weighted by molar-refractivity contribution is -0.119. The molecule has 1 rings (SSSR count). The molecule has 1 saturated carbocycles. The van der Waals surface area contributed by atoms with Crippen LogP contribution in [0.3, 0.4) is 0 Å². The van der Waals surface area contributed by atoms with Crippen LogP contribution in [-0.2, 0) is 4.79 Å². The Morgan fingerprint density at radius 1 is 0.950 bits per heavy atom. The van der Waals surface area contributed by atoms with Crippen molar-refractivity contribution in [3.63, 3.8) is 0 Å². The molecule has 0 radical (unpaired) electrons. The Morgan fingerprint density at radius 3 is 1.80 bits per heavy atom. The number of carbonyl (C=O) groups is 1. The number of hydrogen-bond acceptors (Lipinski definition) is 2. The molecule has 1 aliphatic rings. The summed E-state index contributed by atoms with van der Waals surface area (Å²) < 4.78 is 0. The van der Waals surface area contributed by atoms with E-state index in [1.54, 1.807) is 0 Å². The highest BCUT2D eigenvalue weighted by Crippen LogP contribution is 2.27. The van der Waals surface area contributed by atoms with Gasteiger partial charge >= 0.3 is 0 Å². The molecular weight excluding hydrogens is 248 g/mol. The summed E-state index contributed by atoms with van der Waals surface area (Å²) in [6.45, 7) is 3.17. The molecule has 3 N–H and O–H groups in total. The summed E-state index contributed by atoms with van der Waals surface area (Å²) in [6.07, 6.45) is 15.7. The van der Waals surface area contributed by atoms with Crippen molar-refractivity contribution in [3.05, 3.63) is 0 Å². The van der Waals surface area contributed by atoms with Gasteiger partial charge < -0.3 is 11.1 Å². The molecule has 3 heteroatoms. The van der Waals surface area contributed by atoms with Gasteiger partial charge in [-0.2, -0.15) is 0 Å². The van der Waals surface area contributed by atoms with E-state index in [2.05, 4.69) is 12.2 Å². The summed E-state index contributed by atoms with van der Waals surface area (Å²) in [7, 11) is 0. The van der Waals surface area contributed by atoms with Crippen LogP contribution in [0.4, 0.5) is 0 Å². The third-order valence-corrected chi connectivity index (χ3v) is 4.57. The molecule has 0 atom stereocenters. The Kier molecular flexibility index (Phi) is 8.92. The summed E-state index contributed by atoms with van der Waals surface area (Å²) in [4.78, 5) is 11.5. The molecule has 1 aliphatic carbocycles. The standard InChI is InChI=1S/C17H34N2O/c1-2-14-19-17(15-16(18)20)12-10-8-6-4-3-5-7-9-11-13-17/h19H,2-15H2,1H3,(H2,18,20). The van der Waals surface area contributed by atoms with E-state index in [4.69, 9.17) is 5.73 Å². The molecule has 118 valence electrons. The molecule has 20 heavy (non-hydrogen) atoms. The average molecular weight is 282 g/mol. The summed E-state index contributed by atoms with van der Waals surface area (Å²) in [6, 6.07) is 0. The molecule has 0 spiro atoms. The number of nitrogens with one attached hydrogen (secondary N) is 1. The fraction of sp³-hybridized carbons (Fsp3) is 0.941. The van der Waals surface area contributed by atoms with Gasteiger partial charge in [-0.1, -0.05) is 64.7 Å². The van der Waals surface area contributed by atoms with Crippen LogP contribution in [0.1, 0.15) is 90.4 Å². The maximum atomic E-state index is 11.5. The van der Waals surface area contributed by atoms with E-state index in [1.165, 1.54) is 57.8 Å². The van der Waals surface area contributed by atoms with Crippen molar-refractivity contribution in [2.24, 2.45) is 5.73 Å². The minimum absolute atomic E-state index is 0.0267. The van der Waals surface area contributed by atoms with Crippen LogP contribution < -0.4 is 11.1 Å². The van der Waals surface area contributed by atoms with Crippen LogP contribution in [-0.4, -0.2) is 18.0 Å². The van der Waals surface area contributed by atoms with Crippen LogP contribution in [0.15, 0.2) is 0 Å². The van der Waals surface area contributed by atoms with Gasteiger partial charge in [0, 0.05) is 12.0 Å². The van der Waals surface area contributed by atoms with Crippen LogP contribution in [0.25, 0.3) is 0 Å². The van der Waals surface area contributed by atoms with E-state index >= 15 is 0 Å². The molecule has 0 unspecified atom stereocenters. The second kappa shape index (κ2) is 10.2. The number of carbonyl (C=O) groups excluding carboxylic acids is 1. The Labute approximate surface area is 125 Å². The number of hydrogen-bond donors (Lipinski definition) is 2. The molecule has 0 aliphatic heterocycles. The van der Waals surface area contributed by atoms with E-state index in [0.717, 1.165) is 25.8 Å². The number of primary amides is 1. The zero-order chi connectivity index (χ0) is 14.7. The minimum atomic E-state index is -0.152. The quantitative estimate of drug-likeness (QED) is 0.803. The van der Waals surface area contributed by atoms with Crippen molar-refractivity contribution in [1.82, 2.24) is 5.32 Å². The van der Waals surface area contributed by atoms with Gasteiger partial charge in [0.1, 0.15) is 0 Å². The molecular formula is C17H34N2O. The monoisotopic (exact) mass is 282 g/mol. The second-order valence-corrected chi connectivity index (χ2v) is 6.53. The van der Waals surface area contributed by atoms with E-state index in [1.807, 2.05) is 0 Å². The first kappa shape index (κ1) is 17.5. The predicted octanol–water partition coefficient (Wildman–Crippen LogP) is 3.90. The Bertz CT molecular complexity index is 254. The third-order valence-electron chi connectivity index (χ3n) is 4.57. The van der Waals surface area contributed by atoms with Crippen molar-refractivity contribution in [1.29, 1.82) is 0 Å². The first-order valence-electron chi connectivity index (χ1n) is 8.72. The number of nitrogens with two attached hydrogens (primary N) is 1. The SMILES string of the molecule is CCCNC1(CC(N)=O)CCCCCCCCCCC1. The van der Waals surface area contributed by atoms with Gasteiger partial charge in [-0.05, 0) is 25.8 Å². The van der Waals surface area contributed by atoms with Crippen LogP contribution >= 0.6 is 0 Å². The molecule has 3 nitrogen and oxygen atoms in total. The van der Waals surface area contributed by atoms with Crippen LogP contribution in [0.2, 0.25) is 0 Å². The lowest BCUT2D eigenvalue weighted by Gasteiger charge is -2.35. The average Bonchev–Trinajstić information content (AvgIpc) is 2.40. The summed E-state index contributed by atoms with van der Waals surface area (Å²) in [5.41, 5.74) is 5.49. The van der Waals surface area contributed by atoms with Gasteiger partial charge in [0.05, 0.1) is 0 Å². The highest BCUT2D eigenvalue weighted by molar-refractivity contribution is 5.75. The molecule has 0 aromatic carbocycles.